The fourth-order valence-corrected chi connectivity index (χ4v) is 7.65. The molecule has 0 spiro atoms. The Morgan fingerprint density at radius 3 is 1.67 bits per heavy atom. The molecule has 7 aromatic carbocycles. The Morgan fingerprint density at radius 1 is 0.423 bits per heavy atom. The zero-order chi connectivity index (χ0) is 34.8. The average Bonchev–Trinajstić information content (AvgIpc) is 3.88. The number of oxazole rings is 2. The number of hydrogen-bond acceptors (Lipinski definition) is 5. The summed E-state index contributed by atoms with van der Waals surface area (Å²) in [6.07, 6.45) is 0. The first-order valence-electron chi connectivity index (χ1n) is 17.6. The summed E-state index contributed by atoms with van der Waals surface area (Å²) in [4.78, 5) is 11.9. The van der Waals surface area contributed by atoms with Crippen molar-refractivity contribution in [3.8, 4) is 45.2 Å². The van der Waals surface area contributed by atoms with Crippen molar-refractivity contribution in [2.45, 2.75) is 19.3 Å². The summed E-state index contributed by atoms with van der Waals surface area (Å²) >= 11 is 0. The van der Waals surface area contributed by atoms with Crippen molar-refractivity contribution < 1.29 is 8.83 Å². The molecular weight excluding hydrogens is 639 g/mol. The lowest BCUT2D eigenvalue weighted by Crippen LogP contribution is -2.16. The van der Waals surface area contributed by atoms with Gasteiger partial charge in [0.25, 0.3) is 0 Å². The predicted octanol–water partition coefficient (Wildman–Crippen LogP) is 12.7. The van der Waals surface area contributed by atoms with Crippen molar-refractivity contribution in [3.63, 3.8) is 0 Å². The summed E-state index contributed by atoms with van der Waals surface area (Å²) in [7, 11) is 0. The summed E-state index contributed by atoms with van der Waals surface area (Å²) in [5, 5.41) is 0. The van der Waals surface area contributed by atoms with Crippen molar-refractivity contribution >= 4 is 39.3 Å². The van der Waals surface area contributed by atoms with Gasteiger partial charge in [0, 0.05) is 39.7 Å². The second-order valence-electron chi connectivity index (χ2n) is 13.9. The fourth-order valence-electron chi connectivity index (χ4n) is 7.65. The minimum atomic E-state index is -0.135. The van der Waals surface area contributed by atoms with Gasteiger partial charge in [0.2, 0.25) is 11.8 Å². The van der Waals surface area contributed by atoms with Crippen LogP contribution in [0.3, 0.4) is 0 Å². The van der Waals surface area contributed by atoms with E-state index in [9.17, 15) is 0 Å². The number of hydrogen-bond donors (Lipinski definition) is 0. The highest BCUT2D eigenvalue weighted by molar-refractivity contribution is 5.89. The Balaban J connectivity index is 1.06. The molecule has 0 saturated carbocycles. The number of aromatic nitrogens is 2. The van der Waals surface area contributed by atoms with Gasteiger partial charge in [0.1, 0.15) is 11.0 Å². The van der Waals surface area contributed by atoms with Gasteiger partial charge in [-0.2, -0.15) is 0 Å². The van der Waals surface area contributed by atoms with Gasteiger partial charge in [0.05, 0.1) is 0 Å². The summed E-state index contributed by atoms with van der Waals surface area (Å²) in [5.41, 5.74) is 15.4. The van der Waals surface area contributed by atoms with Crippen molar-refractivity contribution in [1.29, 1.82) is 0 Å². The molecule has 0 aliphatic heterocycles. The predicted molar refractivity (Wildman–Crippen MR) is 210 cm³/mol. The van der Waals surface area contributed by atoms with Crippen molar-refractivity contribution in [1.82, 2.24) is 9.97 Å². The average molecular weight is 672 g/mol. The third kappa shape index (κ3) is 4.93. The Kier molecular flexibility index (Phi) is 6.77. The van der Waals surface area contributed by atoms with Crippen LogP contribution in [0.1, 0.15) is 25.0 Å². The van der Waals surface area contributed by atoms with Gasteiger partial charge in [-0.3, -0.25) is 0 Å². The van der Waals surface area contributed by atoms with E-state index in [4.69, 9.17) is 18.8 Å². The van der Waals surface area contributed by atoms with Crippen molar-refractivity contribution in [3.05, 3.63) is 175 Å². The quantitative estimate of drug-likeness (QED) is 0.176. The molecule has 0 unspecified atom stereocenters. The number of benzene rings is 7. The van der Waals surface area contributed by atoms with Gasteiger partial charge >= 0.3 is 0 Å². The molecule has 0 atom stereocenters. The summed E-state index contributed by atoms with van der Waals surface area (Å²) < 4.78 is 12.7. The molecule has 1 aliphatic rings. The maximum Gasteiger partial charge on any atom is 0.227 e. The molecule has 9 aromatic rings. The van der Waals surface area contributed by atoms with E-state index in [-0.39, 0.29) is 5.41 Å². The first-order valence-corrected chi connectivity index (χ1v) is 17.6. The second kappa shape index (κ2) is 11.7. The zero-order valence-corrected chi connectivity index (χ0v) is 28.7. The largest absolute Gasteiger partial charge is 0.436 e. The van der Waals surface area contributed by atoms with Gasteiger partial charge in [-0.25, -0.2) is 9.97 Å². The van der Waals surface area contributed by atoms with Crippen molar-refractivity contribution in [2.75, 3.05) is 4.90 Å². The van der Waals surface area contributed by atoms with Gasteiger partial charge in [-0.1, -0.05) is 98.8 Å². The zero-order valence-electron chi connectivity index (χ0n) is 28.7. The summed E-state index contributed by atoms with van der Waals surface area (Å²) in [6, 6.07) is 56.8. The maximum atomic E-state index is 6.35. The standard InChI is InChI=1S/C47H33N3O2/c1-47(2)39-16-10-9-15-37(39)38-24-22-35(28-40(38)47)50(36-23-26-42-44(29-36)52-45(49-42)31-13-7-4-8-14-31)34-20-17-32(18-21-34)46-48-41-25-19-33(27-43(41)51-46)30-11-5-3-6-12-30/h3-29H,1-2H3. The molecule has 5 nitrogen and oxygen atoms in total. The highest BCUT2D eigenvalue weighted by Gasteiger charge is 2.35. The van der Waals surface area contributed by atoms with Gasteiger partial charge in [0.15, 0.2) is 11.2 Å². The summed E-state index contributed by atoms with van der Waals surface area (Å²) in [5.74, 6) is 1.20. The van der Waals surface area contributed by atoms with Crippen LogP contribution in [0.5, 0.6) is 0 Å². The van der Waals surface area contributed by atoms with Crippen LogP contribution in [0, 0.1) is 0 Å². The lowest BCUT2D eigenvalue weighted by atomic mass is 9.82. The highest BCUT2D eigenvalue weighted by Crippen LogP contribution is 2.50. The molecule has 0 saturated heterocycles. The molecule has 10 rings (SSSR count). The Labute approximate surface area is 301 Å². The number of anilines is 3. The molecule has 2 heterocycles. The van der Waals surface area contributed by atoms with Crippen molar-refractivity contribution in [2.24, 2.45) is 0 Å². The second-order valence-corrected chi connectivity index (χ2v) is 13.9. The van der Waals surface area contributed by atoms with Crippen LogP contribution >= 0.6 is 0 Å². The van der Waals surface area contributed by atoms with Gasteiger partial charge in [-0.05, 0) is 106 Å². The molecule has 0 fully saturated rings. The normalized spacial score (nSPS) is 13.0. The molecule has 0 N–H and O–H groups in total. The first kappa shape index (κ1) is 30.1. The van der Waals surface area contributed by atoms with Crippen LogP contribution in [-0.2, 0) is 5.41 Å². The minimum absolute atomic E-state index is 0.135. The molecule has 52 heavy (non-hydrogen) atoms. The van der Waals surface area contributed by atoms with Crippen LogP contribution in [0.4, 0.5) is 17.1 Å². The van der Waals surface area contributed by atoms with Crippen LogP contribution in [-0.4, -0.2) is 9.97 Å². The van der Waals surface area contributed by atoms with E-state index < -0.39 is 0 Å². The Bertz CT molecular complexity index is 2760. The van der Waals surface area contributed by atoms with Gasteiger partial charge < -0.3 is 13.7 Å². The third-order valence-corrected chi connectivity index (χ3v) is 10.3. The SMILES string of the molecule is CC1(C)c2ccccc2-c2ccc(N(c3ccc(-c4nc5ccc(-c6ccccc6)cc5o4)cc3)c3ccc4nc(-c5ccccc5)oc4c3)cc21. The van der Waals surface area contributed by atoms with Crippen LogP contribution in [0.2, 0.25) is 0 Å². The summed E-state index contributed by atoms with van der Waals surface area (Å²) in [6.45, 7) is 4.63. The smallest absolute Gasteiger partial charge is 0.227 e. The molecule has 0 radical (unpaired) electrons. The van der Waals surface area contributed by atoms with Crippen LogP contribution in [0.25, 0.3) is 67.4 Å². The van der Waals surface area contributed by atoms with Gasteiger partial charge in [-0.15, -0.1) is 0 Å². The molecule has 0 bridgehead atoms. The van der Waals surface area contributed by atoms with E-state index in [1.807, 2.05) is 60.7 Å². The topological polar surface area (TPSA) is 55.3 Å². The molecule has 248 valence electrons. The highest BCUT2D eigenvalue weighted by atomic mass is 16.4. The minimum Gasteiger partial charge on any atom is -0.436 e. The van der Waals surface area contributed by atoms with E-state index in [1.165, 1.54) is 22.3 Å². The maximum absolute atomic E-state index is 6.35. The lowest BCUT2D eigenvalue weighted by Gasteiger charge is -2.28. The monoisotopic (exact) mass is 671 g/mol. The fraction of sp³-hybridized carbons (Fsp3) is 0.0638. The molecule has 0 amide bonds. The van der Waals surface area contributed by atoms with E-state index >= 15 is 0 Å². The van der Waals surface area contributed by atoms with E-state index in [0.29, 0.717) is 11.8 Å². The Hall–Kier alpha value is -6.72. The Morgan fingerprint density at radius 2 is 0.942 bits per heavy atom. The number of rotatable bonds is 6. The number of nitrogens with zero attached hydrogens (tertiary/aromatic N) is 3. The first-order chi connectivity index (χ1) is 25.5. The third-order valence-electron chi connectivity index (χ3n) is 10.3. The lowest BCUT2D eigenvalue weighted by molar-refractivity contribution is 0.619. The molecular formula is C47H33N3O2. The molecule has 5 heteroatoms. The van der Waals surface area contributed by atoms with Crippen LogP contribution in [0.15, 0.2) is 173 Å². The van der Waals surface area contributed by atoms with E-state index in [2.05, 4.69) is 122 Å². The molecule has 1 aliphatic carbocycles. The van der Waals surface area contributed by atoms with E-state index in [0.717, 1.165) is 61.5 Å². The van der Waals surface area contributed by atoms with E-state index in [1.54, 1.807) is 0 Å². The van der Waals surface area contributed by atoms with Crippen LogP contribution < -0.4 is 4.90 Å². The molecule has 2 aromatic heterocycles. The number of fused-ring (bicyclic) bond motifs is 5.